The molecule has 0 aliphatic heterocycles. The highest BCUT2D eigenvalue weighted by Gasteiger charge is 2.07. The second kappa shape index (κ2) is 9.05. The summed E-state index contributed by atoms with van der Waals surface area (Å²) >= 11 is 0. The predicted molar refractivity (Wildman–Crippen MR) is 66.5 cm³/mol. The predicted octanol–water partition coefficient (Wildman–Crippen LogP) is 5.12. The van der Waals surface area contributed by atoms with Crippen molar-refractivity contribution in [3.63, 3.8) is 0 Å². The van der Waals surface area contributed by atoms with Crippen molar-refractivity contribution in [3.05, 3.63) is 24.3 Å². The summed E-state index contributed by atoms with van der Waals surface area (Å²) in [6.07, 6.45) is 12.0. The Morgan fingerprint density at radius 2 is 2.00 bits per heavy atom. The second-order valence-corrected chi connectivity index (χ2v) is 4.03. The van der Waals surface area contributed by atoms with Gasteiger partial charge in [0.25, 0.3) is 0 Å². The molecule has 0 saturated heterocycles. The van der Waals surface area contributed by atoms with E-state index < -0.39 is 0 Å². The molecule has 0 saturated carbocycles. The van der Waals surface area contributed by atoms with E-state index >= 15 is 0 Å². The van der Waals surface area contributed by atoms with Crippen molar-refractivity contribution < 1.29 is 0 Å². The molecule has 1 atom stereocenters. The zero-order valence-corrected chi connectivity index (χ0v) is 10.2. The first kappa shape index (κ1) is 13.5. The Balaban J connectivity index is 4.00. The largest absolute Gasteiger partial charge is 0.0991 e. The molecule has 0 spiro atoms. The third kappa shape index (κ3) is 6.01. The van der Waals surface area contributed by atoms with Crippen LogP contribution in [0.3, 0.4) is 0 Å². The van der Waals surface area contributed by atoms with Gasteiger partial charge in [-0.2, -0.15) is 0 Å². The van der Waals surface area contributed by atoms with E-state index in [-0.39, 0.29) is 0 Å². The lowest BCUT2D eigenvalue weighted by Crippen LogP contribution is -2.00. The first-order chi connectivity index (χ1) is 6.78. The van der Waals surface area contributed by atoms with E-state index in [9.17, 15) is 0 Å². The maximum Gasteiger partial charge on any atom is -0.0289 e. The Bertz CT molecular complexity index is 165. The van der Waals surface area contributed by atoms with Crippen LogP contribution in [0.5, 0.6) is 0 Å². The van der Waals surface area contributed by atoms with Crippen LogP contribution in [0.25, 0.3) is 0 Å². The van der Waals surface area contributed by atoms with Gasteiger partial charge < -0.3 is 0 Å². The Hall–Kier alpha value is -0.520. The van der Waals surface area contributed by atoms with E-state index in [1.54, 1.807) is 5.57 Å². The van der Waals surface area contributed by atoms with Crippen molar-refractivity contribution in [2.24, 2.45) is 5.92 Å². The Morgan fingerprint density at radius 1 is 1.29 bits per heavy atom. The third-order valence-electron chi connectivity index (χ3n) is 2.90. The van der Waals surface area contributed by atoms with Crippen molar-refractivity contribution in [2.75, 3.05) is 0 Å². The van der Waals surface area contributed by atoms with Crippen LogP contribution >= 0.6 is 0 Å². The fourth-order valence-electron chi connectivity index (χ4n) is 1.81. The van der Waals surface area contributed by atoms with Crippen LogP contribution in [0.1, 0.15) is 59.3 Å². The zero-order chi connectivity index (χ0) is 10.8. The lowest BCUT2D eigenvalue weighted by atomic mass is 9.91. The van der Waals surface area contributed by atoms with E-state index in [2.05, 4.69) is 33.4 Å². The Morgan fingerprint density at radius 3 is 2.43 bits per heavy atom. The normalized spacial score (nSPS) is 14.1. The lowest BCUT2D eigenvalue weighted by Gasteiger charge is -2.15. The molecule has 0 heteroatoms. The third-order valence-corrected chi connectivity index (χ3v) is 2.90. The summed E-state index contributed by atoms with van der Waals surface area (Å²) in [5.41, 5.74) is 1.56. The van der Waals surface area contributed by atoms with E-state index in [0.29, 0.717) is 0 Å². The smallest absolute Gasteiger partial charge is 0.0289 e. The highest BCUT2D eigenvalue weighted by molar-refractivity contribution is 5.10. The number of hydrogen-bond acceptors (Lipinski definition) is 0. The van der Waals surface area contributed by atoms with Gasteiger partial charge in [-0.05, 0) is 18.8 Å². The number of allylic oxidation sites excluding steroid dienone is 3. The summed E-state index contributed by atoms with van der Waals surface area (Å²) in [5.74, 6) is 0.890. The van der Waals surface area contributed by atoms with Gasteiger partial charge in [0.05, 0.1) is 0 Å². The Kier molecular flexibility index (Phi) is 8.72. The van der Waals surface area contributed by atoms with Crippen molar-refractivity contribution in [3.8, 4) is 0 Å². The van der Waals surface area contributed by atoms with Crippen LogP contribution in [0.2, 0.25) is 0 Å². The fourth-order valence-corrected chi connectivity index (χ4v) is 1.81. The van der Waals surface area contributed by atoms with Gasteiger partial charge in [-0.15, -0.1) is 0 Å². The topological polar surface area (TPSA) is 0 Å². The summed E-state index contributed by atoms with van der Waals surface area (Å²) in [6, 6.07) is 0. The molecule has 0 radical (unpaired) electrons. The molecule has 0 aliphatic carbocycles. The molecule has 0 aliphatic rings. The van der Waals surface area contributed by atoms with E-state index in [4.69, 9.17) is 0 Å². The average Bonchev–Trinajstić information content (AvgIpc) is 2.22. The van der Waals surface area contributed by atoms with Gasteiger partial charge in [0.1, 0.15) is 0 Å². The van der Waals surface area contributed by atoms with E-state index in [1.165, 1.54) is 38.5 Å². The Labute approximate surface area is 90.1 Å². The zero-order valence-electron chi connectivity index (χ0n) is 10.2. The first-order valence-electron chi connectivity index (χ1n) is 6.08. The van der Waals surface area contributed by atoms with Crippen LogP contribution in [-0.2, 0) is 0 Å². The van der Waals surface area contributed by atoms with Gasteiger partial charge in [-0.1, -0.05) is 70.8 Å². The summed E-state index contributed by atoms with van der Waals surface area (Å²) in [7, 11) is 0. The summed E-state index contributed by atoms with van der Waals surface area (Å²) in [4.78, 5) is 0. The van der Waals surface area contributed by atoms with Crippen molar-refractivity contribution in [1.82, 2.24) is 0 Å². The van der Waals surface area contributed by atoms with Crippen LogP contribution in [0.15, 0.2) is 24.3 Å². The second-order valence-electron chi connectivity index (χ2n) is 4.03. The molecule has 0 fully saturated rings. The summed E-state index contributed by atoms with van der Waals surface area (Å²) in [5, 5.41) is 0. The molecule has 0 aromatic heterocycles. The van der Waals surface area contributed by atoms with Gasteiger partial charge >= 0.3 is 0 Å². The van der Waals surface area contributed by atoms with Gasteiger partial charge in [-0.3, -0.25) is 0 Å². The molecular weight excluding hydrogens is 168 g/mol. The number of rotatable bonds is 8. The molecule has 0 bridgehead atoms. The van der Waals surface area contributed by atoms with Gasteiger partial charge in [0, 0.05) is 0 Å². The van der Waals surface area contributed by atoms with Crippen LogP contribution in [-0.4, -0.2) is 0 Å². The van der Waals surface area contributed by atoms with Crippen LogP contribution in [0, 0.1) is 5.92 Å². The van der Waals surface area contributed by atoms with Crippen molar-refractivity contribution >= 4 is 0 Å². The molecule has 82 valence electrons. The minimum atomic E-state index is 0.890. The van der Waals surface area contributed by atoms with Crippen molar-refractivity contribution in [2.45, 2.75) is 59.3 Å². The van der Waals surface area contributed by atoms with Gasteiger partial charge in [-0.25, -0.2) is 0 Å². The number of hydrogen-bond donors (Lipinski definition) is 0. The molecule has 0 heterocycles. The van der Waals surface area contributed by atoms with Gasteiger partial charge in [0.15, 0.2) is 0 Å². The van der Waals surface area contributed by atoms with E-state index in [0.717, 1.165) is 5.92 Å². The molecule has 0 nitrogen and oxygen atoms in total. The standard InChI is InChI=1S/C14H26/c1-5-9-11-14(8-4)12-13(7-3)10-6-2/h6,10,14H,2,5,7-9,11-12H2,1,3-4H3. The molecule has 0 N–H and O–H groups in total. The molecular formula is C14H26. The molecule has 1 unspecified atom stereocenters. The monoisotopic (exact) mass is 194 g/mol. The molecule has 0 amide bonds. The molecule has 14 heavy (non-hydrogen) atoms. The highest BCUT2D eigenvalue weighted by Crippen LogP contribution is 2.22. The van der Waals surface area contributed by atoms with Crippen LogP contribution in [0.4, 0.5) is 0 Å². The minimum absolute atomic E-state index is 0.890. The molecule has 0 aromatic rings. The van der Waals surface area contributed by atoms with E-state index in [1.807, 2.05) is 6.08 Å². The summed E-state index contributed by atoms with van der Waals surface area (Å²) < 4.78 is 0. The van der Waals surface area contributed by atoms with Crippen LogP contribution < -0.4 is 0 Å². The molecule has 0 rings (SSSR count). The summed E-state index contributed by atoms with van der Waals surface area (Å²) in [6.45, 7) is 10.6. The maximum atomic E-state index is 3.77. The fraction of sp³-hybridized carbons (Fsp3) is 0.714. The highest BCUT2D eigenvalue weighted by atomic mass is 14.1. The SMILES string of the molecule is C=CC=C(CC)CC(CC)CCCC. The maximum absolute atomic E-state index is 3.77. The quantitative estimate of drug-likeness (QED) is 0.471. The minimum Gasteiger partial charge on any atom is -0.0991 e. The molecule has 0 aromatic carbocycles. The lowest BCUT2D eigenvalue weighted by molar-refractivity contribution is 0.444. The first-order valence-corrected chi connectivity index (χ1v) is 6.08. The van der Waals surface area contributed by atoms with Gasteiger partial charge in [0.2, 0.25) is 0 Å². The average molecular weight is 194 g/mol. The number of unbranched alkanes of at least 4 members (excludes halogenated alkanes) is 1. The van der Waals surface area contributed by atoms with Crippen molar-refractivity contribution in [1.29, 1.82) is 0 Å².